The molecule has 0 aliphatic rings. The van der Waals surface area contributed by atoms with Crippen molar-refractivity contribution in [3.63, 3.8) is 0 Å². The van der Waals surface area contributed by atoms with Crippen LogP contribution in [0.5, 0.6) is 0 Å². The number of nitrogens with one attached hydrogen (secondary N) is 2. The van der Waals surface area contributed by atoms with Gasteiger partial charge in [0.25, 0.3) is 0 Å². The van der Waals surface area contributed by atoms with Gasteiger partial charge >= 0.3 is 12.0 Å². The van der Waals surface area contributed by atoms with Gasteiger partial charge in [-0.25, -0.2) is 14.6 Å². The van der Waals surface area contributed by atoms with Crippen LogP contribution < -0.4 is 10.6 Å². The van der Waals surface area contributed by atoms with E-state index in [-0.39, 0.29) is 17.8 Å². The molecular formula is C12H19N3O3S. The average molecular weight is 285 g/mol. The van der Waals surface area contributed by atoms with Gasteiger partial charge in [-0.1, -0.05) is 20.3 Å². The van der Waals surface area contributed by atoms with Crippen molar-refractivity contribution in [3.05, 3.63) is 16.1 Å². The maximum absolute atomic E-state index is 11.6. The van der Waals surface area contributed by atoms with Gasteiger partial charge in [-0.15, -0.1) is 11.3 Å². The lowest BCUT2D eigenvalue weighted by Gasteiger charge is -2.14. The molecule has 0 fully saturated rings. The van der Waals surface area contributed by atoms with Crippen molar-refractivity contribution >= 4 is 23.3 Å². The van der Waals surface area contributed by atoms with Crippen LogP contribution in [-0.4, -0.2) is 28.6 Å². The Morgan fingerprint density at radius 1 is 1.47 bits per heavy atom. The minimum absolute atomic E-state index is 0.00802. The highest BCUT2D eigenvalue weighted by Gasteiger charge is 2.15. The fourth-order valence-electron chi connectivity index (χ4n) is 1.31. The summed E-state index contributed by atoms with van der Waals surface area (Å²) in [7, 11) is 0. The minimum atomic E-state index is -1.06. The SMILES string of the molecule is CCC(C)CNC(=O)NC(C)c1nc(C(=O)O)cs1. The zero-order chi connectivity index (χ0) is 14.4. The quantitative estimate of drug-likeness (QED) is 0.747. The van der Waals surface area contributed by atoms with Crippen molar-refractivity contribution < 1.29 is 14.7 Å². The number of carbonyl (C=O) groups is 2. The smallest absolute Gasteiger partial charge is 0.355 e. The van der Waals surface area contributed by atoms with Crippen LogP contribution in [0.3, 0.4) is 0 Å². The number of rotatable bonds is 6. The highest BCUT2D eigenvalue weighted by Crippen LogP contribution is 2.17. The van der Waals surface area contributed by atoms with Crippen LogP contribution in [0.25, 0.3) is 0 Å². The largest absolute Gasteiger partial charge is 0.476 e. The summed E-state index contributed by atoms with van der Waals surface area (Å²) in [5.74, 6) is -0.629. The van der Waals surface area contributed by atoms with Crippen LogP contribution in [0.1, 0.15) is 48.7 Å². The molecule has 0 saturated heterocycles. The van der Waals surface area contributed by atoms with E-state index in [9.17, 15) is 9.59 Å². The molecule has 0 aliphatic carbocycles. The highest BCUT2D eigenvalue weighted by molar-refractivity contribution is 7.09. The van der Waals surface area contributed by atoms with Crippen molar-refractivity contribution in [1.82, 2.24) is 15.6 Å². The van der Waals surface area contributed by atoms with E-state index >= 15 is 0 Å². The first-order valence-electron chi connectivity index (χ1n) is 6.17. The molecule has 1 aromatic rings. The molecule has 1 heterocycles. The van der Waals surface area contributed by atoms with Gasteiger partial charge in [-0.05, 0) is 12.8 Å². The fourth-order valence-corrected chi connectivity index (χ4v) is 2.11. The molecular weight excluding hydrogens is 266 g/mol. The van der Waals surface area contributed by atoms with E-state index in [1.807, 2.05) is 0 Å². The Bertz CT molecular complexity index is 447. The van der Waals surface area contributed by atoms with Gasteiger partial charge in [0.05, 0.1) is 6.04 Å². The van der Waals surface area contributed by atoms with Crippen molar-refractivity contribution in [2.24, 2.45) is 5.92 Å². The summed E-state index contributed by atoms with van der Waals surface area (Å²) in [6.45, 7) is 6.51. The molecule has 6 nitrogen and oxygen atoms in total. The van der Waals surface area contributed by atoms with Crippen LogP contribution >= 0.6 is 11.3 Å². The molecule has 0 radical (unpaired) electrons. The van der Waals surface area contributed by atoms with Gasteiger partial charge in [0, 0.05) is 11.9 Å². The van der Waals surface area contributed by atoms with E-state index in [0.717, 1.165) is 6.42 Å². The number of nitrogens with zero attached hydrogens (tertiary/aromatic N) is 1. The summed E-state index contributed by atoms with van der Waals surface area (Å²) in [5, 5.41) is 16.3. The third-order valence-electron chi connectivity index (χ3n) is 2.77. The van der Waals surface area contributed by atoms with Gasteiger partial charge < -0.3 is 15.7 Å². The number of hydrogen-bond acceptors (Lipinski definition) is 4. The zero-order valence-electron chi connectivity index (χ0n) is 11.3. The standard InChI is InChI=1S/C12H19N3O3S/c1-4-7(2)5-13-12(18)14-8(3)10-15-9(6-19-10)11(16)17/h6-8H,4-5H2,1-3H3,(H,16,17)(H2,13,14,18). The van der Waals surface area contributed by atoms with E-state index in [4.69, 9.17) is 5.11 Å². The first kappa shape index (κ1) is 15.4. The lowest BCUT2D eigenvalue weighted by Crippen LogP contribution is -2.39. The van der Waals surface area contributed by atoms with Gasteiger partial charge in [0.1, 0.15) is 5.01 Å². The molecule has 2 unspecified atom stereocenters. The lowest BCUT2D eigenvalue weighted by molar-refractivity contribution is 0.0691. The van der Waals surface area contributed by atoms with Crippen LogP contribution in [0.2, 0.25) is 0 Å². The number of carbonyl (C=O) groups excluding carboxylic acids is 1. The van der Waals surface area contributed by atoms with Crippen molar-refractivity contribution in [1.29, 1.82) is 0 Å². The van der Waals surface area contributed by atoms with E-state index in [2.05, 4.69) is 29.5 Å². The number of carboxylic acid groups (broad SMARTS) is 1. The van der Waals surface area contributed by atoms with Crippen molar-refractivity contribution in [3.8, 4) is 0 Å². The topological polar surface area (TPSA) is 91.3 Å². The van der Waals surface area contributed by atoms with Crippen LogP contribution in [0.15, 0.2) is 5.38 Å². The fraction of sp³-hybridized carbons (Fsp3) is 0.583. The third kappa shape index (κ3) is 4.86. The molecule has 2 atom stereocenters. The predicted molar refractivity (Wildman–Crippen MR) is 73.5 cm³/mol. The molecule has 106 valence electrons. The molecule has 1 aromatic heterocycles. The maximum Gasteiger partial charge on any atom is 0.355 e. The van der Waals surface area contributed by atoms with E-state index in [1.54, 1.807) is 6.92 Å². The zero-order valence-corrected chi connectivity index (χ0v) is 12.1. The number of carboxylic acids is 1. The summed E-state index contributed by atoms with van der Waals surface area (Å²) in [5.41, 5.74) is 0.00802. The second-order valence-corrected chi connectivity index (χ2v) is 5.36. The third-order valence-corrected chi connectivity index (χ3v) is 3.79. The van der Waals surface area contributed by atoms with Crippen LogP contribution in [0.4, 0.5) is 4.79 Å². The van der Waals surface area contributed by atoms with E-state index in [0.29, 0.717) is 17.5 Å². The Balaban J connectivity index is 2.47. The van der Waals surface area contributed by atoms with E-state index < -0.39 is 5.97 Å². The minimum Gasteiger partial charge on any atom is -0.476 e. The molecule has 0 bridgehead atoms. The number of hydrogen-bond donors (Lipinski definition) is 3. The monoisotopic (exact) mass is 285 g/mol. The number of urea groups is 1. The van der Waals surface area contributed by atoms with E-state index in [1.165, 1.54) is 16.7 Å². The van der Waals surface area contributed by atoms with Crippen LogP contribution in [-0.2, 0) is 0 Å². The number of aromatic carboxylic acids is 1. The highest BCUT2D eigenvalue weighted by atomic mass is 32.1. The molecule has 19 heavy (non-hydrogen) atoms. The molecule has 0 aromatic carbocycles. The van der Waals surface area contributed by atoms with Gasteiger partial charge in [-0.3, -0.25) is 0 Å². The molecule has 0 saturated carbocycles. The van der Waals surface area contributed by atoms with Gasteiger partial charge in [-0.2, -0.15) is 0 Å². The molecule has 0 spiro atoms. The molecule has 3 N–H and O–H groups in total. The molecule has 7 heteroatoms. The normalized spacial score (nSPS) is 13.6. The second-order valence-electron chi connectivity index (χ2n) is 4.47. The first-order valence-corrected chi connectivity index (χ1v) is 7.05. The Morgan fingerprint density at radius 2 is 2.16 bits per heavy atom. The number of thiazole rings is 1. The summed E-state index contributed by atoms with van der Waals surface area (Å²) in [4.78, 5) is 26.3. The Kier molecular flexibility index (Phi) is 5.75. The van der Waals surface area contributed by atoms with Crippen LogP contribution in [0, 0.1) is 5.92 Å². The number of aromatic nitrogens is 1. The predicted octanol–water partition coefficient (Wildman–Crippen LogP) is 2.25. The van der Waals surface area contributed by atoms with Crippen molar-refractivity contribution in [2.75, 3.05) is 6.54 Å². The molecule has 2 amide bonds. The first-order chi connectivity index (χ1) is 8.93. The summed E-state index contributed by atoms with van der Waals surface area (Å²) >= 11 is 1.22. The summed E-state index contributed by atoms with van der Waals surface area (Å²) in [6.07, 6.45) is 1.00. The Hall–Kier alpha value is -1.63. The van der Waals surface area contributed by atoms with Gasteiger partial charge in [0.15, 0.2) is 5.69 Å². The number of amides is 2. The second kappa shape index (κ2) is 7.08. The van der Waals surface area contributed by atoms with Gasteiger partial charge in [0.2, 0.25) is 0 Å². The summed E-state index contributed by atoms with van der Waals surface area (Å²) < 4.78 is 0. The lowest BCUT2D eigenvalue weighted by atomic mass is 10.1. The molecule has 1 rings (SSSR count). The summed E-state index contributed by atoms with van der Waals surface area (Å²) in [6, 6.07) is -0.574. The maximum atomic E-state index is 11.6. The Morgan fingerprint density at radius 3 is 2.68 bits per heavy atom. The Labute approximate surface area is 116 Å². The average Bonchev–Trinajstić information content (AvgIpc) is 2.85. The van der Waals surface area contributed by atoms with Crippen molar-refractivity contribution in [2.45, 2.75) is 33.2 Å². The molecule has 0 aliphatic heterocycles.